The molecule has 7 nitrogen and oxygen atoms in total. The number of carbonyl (C=O) groups excluding carboxylic acids is 2. The third-order valence-corrected chi connectivity index (χ3v) is 5.22. The molecule has 30 heavy (non-hydrogen) atoms. The number of benzene rings is 2. The largest absolute Gasteiger partial charge is 0.497 e. The van der Waals surface area contributed by atoms with Crippen LogP contribution in [0.3, 0.4) is 0 Å². The van der Waals surface area contributed by atoms with E-state index in [1.165, 1.54) is 14.2 Å². The Morgan fingerprint density at radius 1 is 0.967 bits per heavy atom. The molecule has 0 unspecified atom stereocenters. The van der Waals surface area contributed by atoms with Crippen molar-refractivity contribution in [3.05, 3.63) is 65.7 Å². The van der Waals surface area contributed by atoms with E-state index in [0.29, 0.717) is 12.1 Å². The number of rotatable bonds is 7. The summed E-state index contributed by atoms with van der Waals surface area (Å²) in [6, 6.07) is 17.5. The molecule has 0 radical (unpaired) electrons. The number of oxime groups is 1. The van der Waals surface area contributed by atoms with Gasteiger partial charge in [0.25, 0.3) is 0 Å². The monoisotopic (exact) mass is 411 g/mol. The van der Waals surface area contributed by atoms with Gasteiger partial charge in [-0.15, -0.1) is 0 Å². The predicted molar refractivity (Wildman–Crippen MR) is 110 cm³/mol. The van der Waals surface area contributed by atoms with Crippen LogP contribution in [0.1, 0.15) is 36.0 Å². The van der Waals surface area contributed by atoms with Gasteiger partial charge in [-0.2, -0.15) is 0 Å². The summed E-state index contributed by atoms with van der Waals surface area (Å²) in [5.74, 6) is -1.83. The molecule has 1 aliphatic rings. The second kappa shape index (κ2) is 9.91. The molecular weight excluding hydrogens is 386 g/mol. The molecule has 0 N–H and O–H groups in total. The highest BCUT2D eigenvalue weighted by Gasteiger charge is 2.36. The molecule has 7 heteroatoms. The van der Waals surface area contributed by atoms with E-state index < -0.39 is 17.9 Å². The quantitative estimate of drug-likeness (QED) is 0.511. The molecule has 0 fully saturated rings. The van der Waals surface area contributed by atoms with E-state index in [-0.39, 0.29) is 18.4 Å². The van der Waals surface area contributed by atoms with Gasteiger partial charge in [0.15, 0.2) is 12.0 Å². The van der Waals surface area contributed by atoms with Gasteiger partial charge in [0.1, 0.15) is 5.75 Å². The zero-order valence-corrected chi connectivity index (χ0v) is 17.2. The smallest absolute Gasteiger partial charge is 0.320 e. The van der Waals surface area contributed by atoms with E-state index >= 15 is 0 Å². The molecule has 0 amide bonds. The van der Waals surface area contributed by atoms with Crippen LogP contribution in [0, 0.1) is 5.92 Å². The molecule has 0 saturated heterocycles. The van der Waals surface area contributed by atoms with E-state index in [9.17, 15) is 9.59 Å². The molecule has 2 aromatic rings. The Kier molecular flexibility index (Phi) is 7.06. The first kappa shape index (κ1) is 21.4. The Hall–Kier alpha value is -3.35. The van der Waals surface area contributed by atoms with Crippen LogP contribution < -0.4 is 4.74 Å². The van der Waals surface area contributed by atoms with Crippen molar-refractivity contribution in [1.82, 2.24) is 0 Å². The highest BCUT2D eigenvalue weighted by atomic mass is 16.6. The molecule has 0 aromatic heterocycles. The van der Waals surface area contributed by atoms with Crippen LogP contribution in [0.2, 0.25) is 0 Å². The Morgan fingerprint density at radius 2 is 1.60 bits per heavy atom. The summed E-state index contributed by atoms with van der Waals surface area (Å²) in [6.07, 6.45) is 0.429. The van der Waals surface area contributed by atoms with Crippen LogP contribution in [-0.2, 0) is 23.9 Å². The number of hydrogen-bond acceptors (Lipinski definition) is 7. The van der Waals surface area contributed by atoms with E-state index in [0.717, 1.165) is 16.9 Å². The summed E-state index contributed by atoms with van der Waals surface area (Å²) < 4.78 is 14.8. The molecular formula is C23H25NO6. The summed E-state index contributed by atoms with van der Waals surface area (Å²) in [4.78, 5) is 30.1. The second-order valence-corrected chi connectivity index (χ2v) is 6.95. The first-order valence-corrected chi connectivity index (χ1v) is 9.64. The fourth-order valence-corrected chi connectivity index (χ4v) is 3.55. The van der Waals surface area contributed by atoms with Crippen molar-refractivity contribution in [3.8, 4) is 5.75 Å². The van der Waals surface area contributed by atoms with E-state index in [2.05, 4.69) is 5.16 Å². The summed E-state index contributed by atoms with van der Waals surface area (Å²) in [6.45, 7) is 0. The first-order valence-electron chi connectivity index (χ1n) is 9.64. The molecule has 1 aliphatic heterocycles. The summed E-state index contributed by atoms with van der Waals surface area (Å²) in [7, 11) is 4.09. The van der Waals surface area contributed by atoms with Crippen molar-refractivity contribution < 1.29 is 28.6 Å². The van der Waals surface area contributed by atoms with Crippen LogP contribution in [0.5, 0.6) is 5.75 Å². The summed E-state index contributed by atoms with van der Waals surface area (Å²) >= 11 is 0. The Balaban J connectivity index is 1.93. The fourth-order valence-electron chi connectivity index (χ4n) is 3.55. The van der Waals surface area contributed by atoms with Crippen molar-refractivity contribution in [2.75, 3.05) is 21.3 Å². The van der Waals surface area contributed by atoms with Crippen molar-refractivity contribution in [2.45, 2.75) is 24.9 Å². The lowest BCUT2D eigenvalue weighted by molar-refractivity contribution is -0.158. The first-order chi connectivity index (χ1) is 14.6. The molecule has 2 aromatic carbocycles. The molecule has 158 valence electrons. The van der Waals surface area contributed by atoms with E-state index in [1.807, 2.05) is 54.6 Å². The lowest BCUT2D eigenvalue weighted by Crippen LogP contribution is -2.32. The number of methoxy groups -OCH3 is 3. The molecule has 0 bridgehead atoms. The topological polar surface area (TPSA) is 83.4 Å². The number of carbonyl (C=O) groups is 2. The minimum Gasteiger partial charge on any atom is -0.497 e. The number of ether oxygens (including phenoxy) is 3. The van der Waals surface area contributed by atoms with E-state index in [1.54, 1.807) is 7.11 Å². The Morgan fingerprint density at radius 3 is 2.17 bits per heavy atom. The highest BCUT2D eigenvalue weighted by Crippen LogP contribution is 2.38. The lowest BCUT2D eigenvalue weighted by Gasteiger charge is -2.30. The number of hydrogen-bond donors (Lipinski definition) is 0. The summed E-state index contributed by atoms with van der Waals surface area (Å²) in [5, 5.41) is 4.33. The molecule has 0 aliphatic carbocycles. The summed E-state index contributed by atoms with van der Waals surface area (Å²) in [5.41, 5.74) is 2.59. The van der Waals surface area contributed by atoms with Crippen molar-refractivity contribution in [1.29, 1.82) is 0 Å². The van der Waals surface area contributed by atoms with Crippen LogP contribution in [0.15, 0.2) is 59.8 Å². The minimum atomic E-state index is -1.10. The Labute approximate surface area is 175 Å². The van der Waals surface area contributed by atoms with E-state index in [4.69, 9.17) is 19.0 Å². The SMILES string of the molecule is COC(=O)C(CC1=NO[C@H](c2ccccc2)C[C@H]1c1ccc(OC)cc1)C(=O)OC. The predicted octanol–water partition coefficient (Wildman–Crippen LogP) is 3.65. The van der Waals surface area contributed by atoms with Crippen LogP contribution in [0.25, 0.3) is 0 Å². The van der Waals surface area contributed by atoms with Gasteiger partial charge in [0.2, 0.25) is 0 Å². The average molecular weight is 411 g/mol. The van der Waals surface area contributed by atoms with Gasteiger partial charge in [0, 0.05) is 18.8 Å². The third kappa shape index (κ3) is 4.79. The number of nitrogens with zero attached hydrogens (tertiary/aromatic N) is 1. The fraction of sp³-hybridized carbons (Fsp3) is 0.348. The molecule has 3 rings (SSSR count). The van der Waals surface area contributed by atoms with Gasteiger partial charge in [-0.1, -0.05) is 47.6 Å². The zero-order chi connectivity index (χ0) is 21.5. The third-order valence-electron chi connectivity index (χ3n) is 5.22. The van der Waals surface area contributed by atoms with Gasteiger partial charge in [0.05, 0.1) is 27.0 Å². The van der Waals surface area contributed by atoms with Gasteiger partial charge >= 0.3 is 11.9 Å². The van der Waals surface area contributed by atoms with Crippen LogP contribution in [0.4, 0.5) is 0 Å². The molecule has 2 atom stereocenters. The maximum Gasteiger partial charge on any atom is 0.320 e. The van der Waals surface area contributed by atoms with Gasteiger partial charge in [-0.3, -0.25) is 9.59 Å². The van der Waals surface area contributed by atoms with Crippen LogP contribution in [-0.4, -0.2) is 39.0 Å². The van der Waals surface area contributed by atoms with Gasteiger partial charge in [-0.05, 0) is 23.3 Å². The maximum atomic E-state index is 12.2. The standard InChI is InChI=1S/C23H25NO6/c1-27-17-11-9-15(10-12-17)18-14-21(16-7-5-4-6-8-16)30-24-20(18)13-19(22(25)28-2)23(26)29-3/h4-12,18-19,21H,13-14H2,1-3H3/t18-,21-/m0/s1. The Bertz CT molecular complexity index is 878. The maximum absolute atomic E-state index is 12.2. The normalized spacial score (nSPS) is 18.2. The van der Waals surface area contributed by atoms with Gasteiger partial charge in [-0.25, -0.2) is 0 Å². The zero-order valence-electron chi connectivity index (χ0n) is 17.2. The molecule has 0 spiro atoms. The number of esters is 2. The van der Waals surface area contributed by atoms with Gasteiger partial charge < -0.3 is 19.0 Å². The molecule has 1 heterocycles. The minimum absolute atomic E-state index is 0.0531. The van der Waals surface area contributed by atoms with Crippen molar-refractivity contribution in [3.63, 3.8) is 0 Å². The highest BCUT2D eigenvalue weighted by molar-refractivity contribution is 6.02. The second-order valence-electron chi connectivity index (χ2n) is 6.95. The van der Waals surface area contributed by atoms with Crippen molar-refractivity contribution in [2.24, 2.45) is 11.1 Å². The lowest BCUT2D eigenvalue weighted by atomic mass is 9.82. The van der Waals surface area contributed by atoms with Crippen LogP contribution >= 0.6 is 0 Å². The molecule has 0 saturated carbocycles. The van der Waals surface area contributed by atoms with Crippen molar-refractivity contribution >= 4 is 17.7 Å². The average Bonchev–Trinajstić information content (AvgIpc) is 2.82.